The minimum absolute atomic E-state index is 0.00500. The summed E-state index contributed by atoms with van der Waals surface area (Å²) in [6, 6.07) is 0. The highest BCUT2D eigenvalue weighted by molar-refractivity contribution is 5.77. The first kappa shape index (κ1) is 15.3. The molecule has 0 saturated heterocycles. The van der Waals surface area contributed by atoms with E-state index in [1.165, 1.54) is 0 Å². The average Bonchev–Trinajstić information content (AvgIpc) is 2.13. The van der Waals surface area contributed by atoms with Crippen LogP contribution in [0.2, 0.25) is 0 Å². The Hall–Kier alpha value is -0.650. The van der Waals surface area contributed by atoms with Crippen LogP contribution in [0, 0.1) is 5.92 Å². The molecule has 0 bridgehead atoms. The fourth-order valence-electron chi connectivity index (χ4n) is 1.54. The highest BCUT2D eigenvalue weighted by Gasteiger charge is 2.22. The minimum atomic E-state index is -0.863. The van der Waals surface area contributed by atoms with Crippen molar-refractivity contribution in [2.75, 3.05) is 26.3 Å². The zero-order valence-corrected chi connectivity index (χ0v) is 10.5. The molecule has 5 heteroatoms. The summed E-state index contributed by atoms with van der Waals surface area (Å²) in [5, 5.41) is 12.6. The van der Waals surface area contributed by atoms with Gasteiger partial charge in [0.05, 0.1) is 12.2 Å². The maximum absolute atomic E-state index is 11.3. The first-order chi connectivity index (χ1) is 7.37. The van der Waals surface area contributed by atoms with E-state index in [0.29, 0.717) is 25.5 Å². The molecule has 0 heterocycles. The van der Waals surface area contributed by atoms with Crippen molar-refractivity contribution >= 4 is 5.91 Å². The molecule has 16 heavy (non-hydrogen) atoms. The molecule has 1 unspecified atom stereocenters. The Morgan fingerprint density at radius 3 is 2.69 bits per heavy atom. The van der Waals surface area contributed by atoms with Crippen molar-refractivity contribution in [1.82, 2.24) is 5.32 Å². The van der Waals surface area contributed by atoms with Crippen LogP contribution in [-0.2, 0) is 9.53 Å². The number of carbonyl (C=O) groups is 1. The van der Waals surface area contributed by atoms with Crippen LogP contribution in [-0.4, -0.2) is 42.9 Å². The second kappa shape index (κ2) is 7.60. The Bertz CT molecular complexity index is 205. The Morgan fingerprint density at radius 2 is 2.19 bits per heavy atom. The van der Waals surface area contributed by atoms with Crippen LogP contribution in [0.4, 0.5) is 0 Å². The quantitative estimate of drug-likeness (QED) is 0.509. The number of nitrogens with two attached hydrogens (primary N) is 1. The summed E-state index contributed by atoms with van der Waals surface area (Å²) in [5.74, 6) is 0.165. The van der Waals surface area contributed by atoms with Gasteiger partial charge in [0.1, 0.15) is 6.61 Å². The van der Waals surface area contributed by atoms with Crippen molar-refractivity contribution in [3.63, 3.8) is 0 Å². The molecule has 4 N–H and O–H groups in total. The highest BCUT2D eigenvalue weighted by atomic mass is 16.5. The van der Waals surface area contributed by atoms with Gasteiger partial charge in [0.15, 0.2) is 0 Å². The van der Waals surface area contributed by atoms with Crippen molar-refractivity contribution in [3.8, 4) is 0 Å². The lowest BCUT2D eigenvalue weighted by Gasteiger charge is -2.25. The molecule has 0 saturated carbocycles. The fourth-order valence-corrected chi connectivity index (χ4v) is 1.54. The summed E-state index contributed by atoms with van der Waals surface area (Å²) in [5.41, 5.74) is 4.35. The highest BCUT2D eigenvalue weighted by Crippen LogP contribution is 2.14. The van der Waals surface area contributed by atoms with Gasteiger partial charge in [0, 0.05) is 13.1 Å². The van der Waals surface area contributed by atoms with Gasteiger partial charge in [-0.25, -0.2) is 0 Å². The molecule has 0 radical (unpaired) electrons. The van der Waals surface area contributed by atoms with Gasteiger partial charge in [-0.2, -0.15) is 0 Å². The number of rotatable bonds is 8. The van der Waals surface area contributed by atoms with Crippen LogP contribution in [0.1, 0.15) is 27.2 Å². The molecular weight excluding hydrogens is 208 g/mol. The first-order valence-corrected chi connectivity index (χ1v) is 5.64. The van der Waals surface area contributed by atoms with E-state index < -0.39 is 5.60 Å². The second-order valence-corrected chi connectivity index (χ2v) is 4.71. The van der Waals surface area contributed by atoms with E-state index in [4.69, 9.17) is 10.5 Å². The molecule has 5 nitrogen and oxygen atoms in total. The lowest BCUT2D eigenvalue weighted by atomic mass is 9.94. The van der Waals surface area contributed by atoms with Gasteiger partial charge in [0.25, 0.3) is 0 Å². The van der Waals surface area contributed by atoms with Crippen molar-refractivity contribution < 1.29 is 14.6 Å². The maximum Gasteiger partial charge on any atom is 0.246 e. The van der Waals surface area contributed by atoms with E-state index >= 15 is 0 Å². The van der Waals surface area contributed by atoms with Crippen molar-refractivity contribution in [1.29, 1.82) is 0 Å². The van der Waals surface area contributed by atoms with E-state index in [1.807, 2.05) is 13.8 Å². The normalized spacial score (nSPS) is 14.9. The maximum atomic E-state index is 11.3. The molecule has 1 amide bonds. The van der Waals surface area contributed by atoms with Crippen molar-refractivity contribution in [2.24, 2.45) is 11.7 Å². The van der Waals surface area contributed by atoms with Gasteiger partial charge in [-0.1, -0.05) is 13.8 Å². The minimum Gasteiger partial charge on any atom is -0.388 e. The molecule has 0 aliphatic carbocycles. The van der Waals surface area contributed by atoms with Gasteiger partial charge >= 0.3 is 0 Å². The molecule has 0 aliphatic rings. The number of amides is 1. The van der Waals surface area contributed by atoms with Gasteiger partial charge in [-0.15, -0.1) is 0 Å². The molecule has 0 aromatic carbocycles. The largest absolute Gasteiger partial charge is 0.388 e. The topological polar surface area (TPSA) is 84.6 Å². The number of hydrogen-bond acceptors (Lipinski definition) is 4. The summed E-state index contributed by atoms with van der Waals surface area (Å²) < 4.78 is 4.97. The van der Waals surface area contributed by atoms with Crippen LogP contribution in [0.15, 0.2) is 0 Å². The standard InChI is InChI=1S/C11H24N2O3/c1-9(2)6-11(3,15)8-13-10(14)7-16-5-4-12/h9,15H,4-8,12H2,1-3H3,(H,13,14). The zero-order chi connectivity index (χ0) is 12.6. The van der Waals surface area contributed by atoms with Crippen LogP contribution >= 0.6 is 0 Å². The third-order valence-corrected chi connectivity index (χ3v) is 2.01. The van der Waals surface area contributed by atoms with Crippen LogP contribution in [0.3, 0.4) is 0 Å². The SMILES string of the molecule is CC(C)CC(C)(O)CNC(=O)COCCN. The molecule has 0 aromatic rings. The molecular formula is C11H24N2O3. The third-order valence-electron chi connectivity index (χ3n) is 2.01. The Morgan fingerprint density at radius 1 is 1.56 bits per heavy atom. The van der Waals surface area contributed by atoms with Gasteiger partial charge in [-0.05, 0) is 19.3 Å². The number of ether oxygens (including phenoxy) is 1. The summed E-state index contributed by atoms with van der Waals surface area (Å²) in [6.45, 7) is 6.79. The fraction of sp³-hybridized carbons (Fsp3) is 0.909. The first-order valence-electron chi connectivity index (χ1n) is 5.64. The number of nitrogens with one attached hydrogen (secondary N) is 1. The van der Waals surface area contributed by atoms with Crippen LogP contribution < -0.4 is 11.1 Å². The number of carbonyl (C=O) groups excluding carboxylic acids is 1. The Kier molecular flexibility index (Phi) is 7.29. The molecule has 96 valence electrons. The summed E-state index contributed by atoms with van der Waals surface area (Å²) in [4.78, 5) is 11.3. The molecule has 1 atom stereocenters. The lowest BCUT2D eigenvalue weighted by Crippen LogP contribution is -2.42. The van der Waals surface area contributed by atoms with E-state index in [-0.39, 0.29) is 19.1 Å². The number of hydrogen-bond donors (Lipinski definition) is 3. The monoisotopic (exact) mass is 232 g/mol. The lowest BCUT2D eigenvalue weighted by molar-refractivity contribution is -0.126. The molecule has 0 fully saturated rings. The average molecular weight is 232 g/mol. The van der Waals surface area contributed by atoms with Gasteiger partial charge in [0.2, 0.25) is 5.91 Å². The van der Waals surface area contributed by atoms with Crippen LogP contribution in [0.5, 0.6) is 0 Å². The molecule has 0 aliphatic heterocycles. The van der Waals surface area contributed by atoms with Gasteiger partial charge in [-0.3, -0.25) is 4.79 Å². The predicted octanol–water partition coefficient (Wildman–Crippen LogP) is -0.125. The smallest absolute Gasteiger partial charge is 0.246 e. The summed E-state index contributed by atoms with van der Waals surface area (Å²) >= 11 is 0. The molecule has 0 aromatic heterocycles. The molecule has 0 rings (SSSR count). The van der Waals surface area contributed by atoms with Crippen LogP contribution in [0.25, 0.3) is 0 Å². The van der Waals surface area contributed by atoms with E-state index in [0.717, 1.165) is 0 Å². The van der Waals surface area contributed by atoms with E-state index in [2.05, 4.69) is 5.32 Å². The van der Waals surface area contributed by atoms with E-state index in [1.54, 1.807) is 6.92 Å². The third kappa shape index (κ3) is 8.64. The summed E-state index contributed by atoms with van der Waals surface area (Å²) in [6.07, 6.45) is 0.650. The second-order valence-electron chi connectivity index (χ2n) is 4.71. The predicted molar refractivity (Wildman–Crippen MR) is 63.0 cm³/mol. The van der Waals surface area contributed by atoms with Crippen molar-refractivity contribution in [3.05, 3.63) is 0 Å². The van der Waals surface area contributed by atoms with E-state index in [9.17, 15) is 9.90 Å². The zero-order valence-electron chi connectivity index (χ0n) is 10.5. The Balaban J connectivity index is 3.72. The van der Waals surface area contributed by atoms with Crippen molar-refractivity contribution in [2.45, 2.75) is 32.8 Å². The van der Waals surface area contributed by atoms with Gasteiger partial charge < -0.3 is 20.9 Å². The Labute approximate surface area is 97.3 Å². The number of aliphatic hydroxyl groups is 1. The molecule has 0 spiro atoms. The summed E-state index contributed by atoms with van der Waals surface area (Å²) in [7, 11) is 0.